The normalized spacial score (nSPS) is 11.8. The molecule has 1 aromatic carbocycles. The summed E-state index contributed by atoms with van der Waals surface area (Å²) in [6.07, 6.45) is -0.224. The van der Waals surface area contributed by atoms with Gasteiger partial charge in [0.1, 0.15) is 30.0 Å². The molecule has 2 N–H and O–H groups in total. The van der Waals surface area contributed by atoms with Gasteiger partial charge < -0.3 is 24.6 Å². The quantitative estimate of drug-likeness (QED) is 0.494. The number of aromatic nitrogens is 3. The maximum absolute atomic E-state index is 9.90. The number of benzene rings is 1. The van der Waals surface area contributed by atoms with E-state index in [1.165, 1.54) is 0 Å². The fourth-order valence-corrected chi connectivity index (χ4v) is 3.28. The molecular weight excluding hydrogens is 408 g/mol. The van der Waals surface area contributed by atoms with Gasteiger partial charge in [0.15, 0.2) is 5.82 Å². The minimum Gasteiger partial charge on any atom is -0.491 e. The highest BCUT2D eigenvalue weighted by Crippen LogP contribution is 2.31. The molecule has 0 saturated carbocycles. The number of ether oxygens (including phenoxy) is 1. The van der Waals surface area contributed by atoms with Gasteiger partial charge in [-0.25, -0.2) is 9.97 Å². The summed E-state index contributed by atoms with van der Waals surface area (Å²) in [5, 5.41) is 25.8. The van der Waals surface area contributed by atoms with Crippen LogP contribution in [0.3, 0.4) is 0 Å². The number of nitrogens with zero attached hydrogens (tertiary/aromatic N) is 5. The maximum Gasteiger partial charge on any atom is 0.162 e. The molecule has 9 heteroatoms. The molecule has 0 radical (unpaired) electrons. The molecule has 0 saturated heterocycles. The summed E-state index contributed by atoms with van der Waals surface area (Å²) < 4.78 is 11.1. The first kappa shape index (κ1) is 23.2. The predicted molar refractivity (Wildman–Crippen MR) is 121 cm³/mol. The molecule has 0 aliphatic heterocycles. The van der Waals surface area contributed by atoms with E-state index >= 15 is 0 Å². The Morgan fingerprint density at radius 1 is 1.28 bits per heavy atom. The second-order valence-electron chi connectivity index (χ2n) is 7.51. The van der Waals surface area contributed by atoms with Crippen molar-refractivity contribution >= 4 is 5.82 Å². The van der Waals surface area contributed by atoms with E-state index in [2.05, 4.69) is 16.5 Å². The molecule has 1 atom stereocenters. The topological polar surface area (TPSA) is 120 Å². The second kappa shape index (κ2) is 10.7. The standard InChI is InChI=1S/C23H28N6O3/c1-15-22(16(2)32-28-15)20-12-21(29(4)10-6-9-24)27-23(26-20)17-7-5-8-19(11-17)31-14-18(30)13-25-3/h5,7-8,11-12,18,25,30H,6,10,13-14H2,1-4H3. The van der Waals surface area contributed by atoms with E-state index in [9.17, 15) is 5.11 Å². The third-order valence-corrected chi connectivity index (χ3v) is 4.93. The first-order chi connectivity index (χ1) is 15.4. The molecule has 3 aromatic rings. The Kier molecular flexibility index (Phi) is 7.76. The molecule has 0 spiro atoms. The average Bonchev–Trinajstić information content (AvgIpc) is 3.14. The number of aryl methyl sites for hydroxylation is 2. The zero-order valence-corrected chi connectivity index (χ0v) is 18.8. The van der Waals surface area contributed by atoms with Gasteiger partial charge in [-0.05, 0) is 33.0 Å². The van der Waals surface area contributed by atoms with E-state index in [0.29, 0.717) is 48.4 Å². The van der Waals surface area contributed by atoms with Crippen molar-refractivity contribution in [2.45, 2.75) is 26.4 Å². The number of nitrogens with one attached hydrogen (secondary N) is 1. The maximum atomic E-state index is 9.90. The molecule has 32 heavy (non-hydrogen) atoms. The lowest BCUT2D eigenvalue weighted by Crippen LogP contribution is -2.29. The van der Waals surface area contributed by atoms with Crippen molar-refractivity contribution < 1.29 is 14.4 Å². The number of rotatable bonds is 10. The van der Waals surface area contributed by atoms with Crippen LogP contribution in [0.25, 0.3) is 22.6 Å². The fraction of sp³-hybridized carbons (Fsp3) is 0.391. The van der Waals surface area contributed by atoms with E-state index in [1.807, 2.05) is 56.1 Å². The molecule has 2 heterocycles. The molecule has 1 unspecified atom stereocenters. The highest BCUT2D eigenvalue weighted by molar-refractivity contribution is 5.70. The van der Waals surface area contributed by atoms with Crippen molar-refractivity contribution in [2.24, 2.45) is 0 Å². The minimum absolute atomic E-state index is 0.173. The van der Waals surface area contributed by atoms with E-state index in [4.69, 9.17) is 24.5 Å². The van der Waals surface area contributed by atoms with Gasteiger partial charge in [-0.1, -0.05) is 17.3 Å². The number of anilines is 1. The predicted octanol–water partition coefficient (Wildman–Crippen LogP) is 2.72. The van der Waals surface area contributed by atoms with Crippen molar-refractivity contribution in [3.8, 4) is 34.5 Å². The first-order valence-electron chi connectivity index (χ1n) is 10.4. The van der Waals surface area contributed by atoms with Crippen molar-refractivity contribution in [2.75, 3.05) is 38.7 Å². The van der Waals surface area contributed by atoms with Gasteiger partial charge in [0, 0.05) is 31.8 Å². The van der Waals surface area contributed by atoms with Gasteiger partial charge in [-0.15, -0.1) is 0 Å². The van der Waals surface area contributed by atoms with Crippen LogP contribution in [0.5, 0.6) is 5.75 Å². The highest BCUT2D eigenvalue weighted by Gasteiger charge is 2.18. The number of nitriles is 1. The molecule has 0 fully saturated rings. The summed E-state index contributed by atoms with van der Waals surface area (Å²) in [6, 6.07) is 11.5. The summed E-state index contributed by atoms with van der Waals surface area (Å²) in [5.41, 5.74) is 3.04. The van der Waals surface area contributed by atoms with Gasteiger partial charge >= 0.3 is 0 Å². The average molecular weight is 437 g/mol. The molecule has 0 bridgehead atoms. The summed E-state index contributed by atoms with van der Waals surface area (Å²) in [5.74, 6) is 2.50. The van der Waals surface area contributed by atoms with Crippen LogP contribution in [0, 0.1) is 25.2 Å². The molecule has 0 aliphatic carbocycles. The van der Waals surface area contributed by atoms with Crippen LogP contribution in [0.1, 0.15) is 17.9 Å². The van der Waals surface area contributed by atoms with E-state index < -0.39 is 6.10 Å². The fourth-order valence-electron chi connectivity index (χ4n) is 3.28. The first-order valence-corrected chi connectivity index (χ1v) is 10.4. The Morgan fingerprint density at radius 2 is 2.09 bits per heavy atom. The molecule has 9 nitrogen and oxygen atoms in total. The summed E-state index contributed by atoms with van der Waals surface area (Å²) >= 11 is 0. The Bertz CT molecular complexity index is 1070. The number of likely N-dealkylation sites (N-methyl/N-ethyl adjacent to an activating group) is 1. The SMILES string of the molecule is CNCC(O)COc1cccc(-c2nc(-c3c(C)noc3C)cc(N(C)CCC#N)n2)c1. The summed E-state index contributed by atoms with van der Waals surface area (Å²) in [4.78, 5) is 11.4. The van der Waals surface area contributed by atoms with Crippen molar-refractivity contribution in [1.29, 1.82) is 5.26 Å². The van der Waals surface area contributed by atoms with Gasteiger partial charge in [-0.3, -0.25) is 0 Å². The van der Waals surface area contributed by atoms with Crippen LogP contribution in [0.2, 0.25) is 0 Å². The van der Waals surface area contributed by atoms with E-state index in [0.717, 1.165) is 16.8 Å². The number of hydrogen-bond acceptors (Lipinski definition) is 9. The Morgan fingerprint density at radius 3 is 2.78 bits per heavy atom. The lowest BCUT2D eigenvalue weighted by atomic mass is 10.1. The van der Waals surface area contributed by atoms with Crippen LogP contribution in [-0.2, 0) is 0 Å². The van der Waals surface area contributed by atoms with Crippen LogP contribution < -0.4 is 15.0 Å². The Labute approximate surface area is 187 Å². The lowest BCUT2D eigenvalue weighted by Gasteiger charge is -2.18. The third kappa shape index (κ3) is 5.60. The molecule has 0 aliphatic rings. The monoisotopic (exact) mass is 436 g/mol. The minimum atomic E-state index is -0.608. The third-order valence-electron chi connectivity index (χ3n) is 4.93. The van der Waals surface area contributed by atoms with Crippen LogP contribution >= 0.6 is 0 Å². The lowest BCUT2D eigenvalue weighted by molar-refractivity contribution is 0.108. The van der Waals surface area contributed by atoms with Crippen molar-refractivity contribution in [3.63, 3.8) is 0 Å². The Balaban J connectivity index is 1.99. The number of hydrogen-bond donors (Lipinski definition) is 2. The van der Waals surface area contributed by atoms with Gasteiger partial charge in [-0.2, -0.15) is 5.26 Å². The largest absolute Gasteiger partial charge is 0.491 e. The van der Waals surface area contributed by atoms with Crippen molar-refractivity contribution in [3.05, 3.63) is 41.8 Å². The van der Waals surface area contributed by atoms with E-state index in [-0.39, 0.29) is 6.61 Å². The van der Waals surface area contributed by atoms with Gasteiger partial charge in [0.2, 0.25) is 0 Å². The molecule has 168 valence electrons. The molecule has 2 aromatic heterocycles. The molecule has 0 amide bonds. The number of aliphatic hydroxyl groups excluding tert-OH is 1. The Hall–Kier alpha value is -3.48. The number of aliphatic hydroxyl groups is 1. The molecule has 3 rings (SSSR count). The van der Waals surface area contributed by atoms with Crippen LogP contribution in [0.15, 0.2) is 34.9 Å². The van der Waals surface area contributed by atoms with Crippen LogP contribution in [-0.4, -0.2) is 60.1 Å². The van der Waals surface area contributed by atoms with Crippen molar-refractivity contribution in [1.82, 2.24) is 20.4 Å². The van der Waals surface area contributed by atoms with Crippen LogP contribution in [0.4, 0.5) is 5.82 Å². The van der Waals surface area contributed by atoms with E-state index in [1.54, 1.807) is 7.05 Å². The zero-order chi connectivity index (χ0) is 23.1. The zero-order valence-electron chi connectivity index (χ0n) is 18.8. The van der Waals surface area contributed by atoms with Gasteiger partial charge in [0.25, 0.3) is 0 Å². The summed E-state index contributed by atoms with van der Waals surface area (Å²) in [6.45, 7) is 4.88. The molecular formula is C23H28N6O3. The highest BCUT2D eigenvalue weighted by atomic mass is 16.5. The van der Waals surface area contributed by atoms with Gasteiger partial charge in [0.05, 0.1) is 29.4 Å². The second-order valence-corrected chi connectivity index (χ2v) is 7.51. The smallest absolute Gasteiger partial charge is 0.162 e. The summed E-state index contributed by atoms with van der Waals surface area (Å²) in [7, 11) is 3.67.